The maximum atomic E-state index is 12.6. The van der Waals surface area contributed by atoms with Crippen molar-refractivity contribution in [2.45, 2.75) is 0 Å². The lowest BCUT2D eigenvalue weighted by atomic mass is 10.1. The molecule has 2 aromatic rings. The van der Waals surface area contributed by atoms with Crippen LogP contribution in [0.1, 0.15) is 5.56 Å². The van der Waals surface area contributed by atoms with Gasteiger partial charge in [0.05, 0.1) is 5.69 Å². The number of aromatic hydroxyl groups is 2. The largest absolute Gasteiger partial charge is 0.508 e. The number of phenolic OH excluding ortho intramolecular Hbond substituents is 2. The first-order valence-electron chi connectivity index (χ1n) is 6.95. The molecule has 0 spiro atoms. The summed E-state index contributed by atoms with van der Waals surface area (Å²) in [6.45, 7) is 0. The molecule has 2 aromatic carbocycles. The molecule has 24 heavy (non-hydrogen) atoms. The highest BCUT2D eigenvalue weighted by molar-refractivity contribution is 6.39. The first kappa shape index (κ1) is 15.3. The second-order valence-electron chi connectivity index (χ2n) is 5.07. The molecular formula is C17H12N2O5. The summed E-state index contributed by atoms with van der Waals surface area (Å²) in [5, 5.41) is 20.7. The SMILES string of the molecule is O=C1NC(=O)N(c2ccc(O)cc2)C(=O)/C1=C\c1ccc(O)cc1. The van der Waals surface area contributed by atoms with Crippen molar-refractivity contribution in [3.8, 4) is 11.5 Å². The van der Waals surface area contributed by atoms with Crippen molar-refractivity contribution in [3.05, 3.63) is 59.7 Å². The molecule has 0 saturated carbocycles. The van der Waals surface area contributed by atoms with Crippen LogP contribution in [-0.2, 0) is 9.59 Å². The van der Waals surface area contributed by atoms with Gasteiger partial charge >= 0.3 is 6.03 Å². The van der Waals surface area contributed by atoms with E-state index in [0.29, 0.717) is 5.56 Å². The highest BCUT2D eigenvalue weighted by Gasteiger charge is 2.36. The van der Waals surface area contributed by atoms with Gasteiger partial charge in [-0.3, -0.25) is 14.9 Å². The van der Waals surface area contributed by atoms with Gasteiger partial charge in [-0.1, -0.05) is 12.1 Å². The molecule has 1 heterocycles. The fraction of sp³-hybridized carbons (Fsp3) is 0. The van der Waals surface area contributed by atoms with Crippen LogP contribution in [0.5, 0.6) is 11.5 Å². The summed E-state index contributed by atoms with van der Waals surface area (Å²) in [7, 11) is 0. The minimum absolute atomic E-state index is 0.0143. The van der Waals surface area contributed by atoms with Gasteiger partial charge in [0.25, 0.3) is 11.8 Å². The number of carbonyl (C=O) groups is 3. The average Bonchev–Trinajstić information content (AvgIpc) is 2.55. The summed E-state index contributed by atoms with van der Waals surface area (Å²) < 4.78 is 0. The average molecular weight is 324 g/mol. The molecule has 7 nitrogen and oxygen atoms in total. The Kier molecular flexibility index (Phi) is 3.75. The van der Waals surface area contributed by atoms with E-state index in [0.717, 1.165) is 4.90 Å². The van der Waals surface area contributed by atoms with Gasteiger partial charge in [0.2, 0.25) is 0 Å². The summed E-state index contributed by atoms with van der Waals surface area (Å²) in [6.07, 6.45) is 1.33. The second kappa shape index (κ2) is 5.88. The monoisotopic (exact) mass is 324 g/mol. The van der Waals surface area contributed by atoms with Crippen LogP contribution in [0.4, 0.5) is 10.5 Å². The lowest BCUT2D eigenvalue weighted by Gasteiger charge is -2.26. The molecule has 0 atom stereocenters. The van der Waals surface area contributed by atoms with Crippen LogP contribution in [0.15, 0.2) is 54.1 Å². The molecule has 0 aliphatic carbocycles. The number of benzene rings is 2. The zero-order valence-corrected chi connectivity index (χ0v) is 12.3. The fourth-order valence-corrected chi connectivity index (χ4v) is 2.23. The van der Waals surface area contributed by atoms with Gasteiger partial charge < -0.3 is 10.2 Å². The van der Waals surface area contributed by atoms with E-state index < -0.39 is 17.8 Å². The van der Waals surface area contributed by atoms with Crippen molar-refractivity contribution < 1.29 is 24.6 Å². The minimum atomic E-state index is -0.862. The van der Waals surface area contributed by atoms with Crippen molar-refractivity contribution in [2.75, 3.05) is 4.90 Å². The summed E-state index contributed by atoms with van der Waals surface area (Å²) >= 11 is 0. The summed E-state index contributed by atoms with van der Waals surface area (Å²) in [6, 6.07) is 10.5. The van der Waals surface area contributed by atoms with E-state index in [1.165, 1.54) is 54.6 Å². The van der Waals surface area contributed by atoms with E-state index in [2.05, 4.69) is 5.32 Å². The number of hydrogen-bond donors (Lipinski definition) is 3. The fourth-order valence-electron chi connectivity index (χ4n) is 2.23. The van der Waals surface area contributed by atoms with Crippen molar-refractivity contribution in [1.29, 1.82) is 0 Å². The predicted molar refractivity (Wildman–Crippen MR) is 85.2 cm³/mol. The molecule has 7 heteroatoms. The Bertz CT molecular complexity index is 854. The summed E-state index contributed by atoms with van der Waals surface area (Å²) in [5.74, 6) is -1.53. The Morgan fingerprint density at radius 3 is 1.96 bits per heavy atom. The molecule has 120 valence electrons. The van der Waals surface area contributed by atoms with Gasteiger partial charge in [-0.05, 0) is 48.0 Å². The number of carbonyl (C=O) groups excluding carboxylic acids is 3. The van der Waals surface area contributed by atoms with Gasteiger partial charge in [-0.2, -0.15) is 0 Å². The van der Waals surface area contributed by atoms with Crippen molar-refractivity contribution in [1.82, 2.24) is 5.32 Å². The van der Waals surface area contributed by atoms with Gasteiger partial charge in [0.1, 0.15) is 17.1 Å². The molecule has 3 N–H and O–H groups in total. The Labute approximate surface area is 136 Å². The third-order valence-corrected chi connectivity index (χ3v) is 3.41. The van der Waals surface area contributed by atoms with Crippen molar-refractivity contribution >= 4 is 29.6 Å². The second-order valence-corrected chi connectivity index (χ2v) is 5.07. The Morgan fingerprint density at radius 2 is 1.38 bits per heavy atom. The molecule has 0 unspecified atom stereocenters. The van der Waals surface area contributed by atoms with Crippen molar-refractivity contribution in [3.63, 3.8) is 0 Å². The van der Waals surface area contributed by atoms with Gasteiger partial charge in [0.15, 0.2) is 0 Å². The van der Waals surface area contributed by atoms with Crippen LogP contribution in [0.25, 0.3) is 6.08 Å². The van der Waals surface area contributed by atoms with E-state index in [4.69, 9.17) is 0 Å². The number of rotatable bonds is 2. The molecular weight excluding hydrogens is 312 g/mol. The Balaban J connectivity index is 1.99. The van der Waals surface area contributed by atoms with Crippen LogP contribution in [0, 0.1) is 0 Å². The van der Waals surface area contributed by atoms with Crippen LogP contribution < -0.4 is 10.2 Å². The number of nitrogens with zero attached hydrogens (tertiary/aromatic N) is 1. The predicted octanol–water partition coefficient (Wildman–Crippen LogP) is 1.76. The molecule has 1 fully saturated rings. The summed E-state index contributed by atoms with van der Waals surface area (Å²) in [4.78, 5) is 37.4. The van der Waals surface area contributed by atoms with E-state index in [-0.39, 0.29) is 22.8 Å². The minimum Gasteiger partial charge on any atom is -0.508 e. The molecule has 0 bridgehead atoms. The van der Waals surface area contributed by atoms with Gasteiger partial charge in [-0.25, -0.2) is 9.69 Å². The Hall–Kier alpha value is -3.61. The molecule has 3 rings (SSSR count). The number of barbiturate groups is 1. The third kappa shape index (κ3) is 2.82. The molecule has 0 radical (unpaired) electrons. The number of nitrogens with one attached hydrogen (secondary N) is 1. The highest BCUT2D eigenvalue weighted by Crippen LogP contribution is 2.24. The lowest BCUT2D eigenvalue weighted by molar-refractivity contribution is -0.122. The maximum Gasteiger partial charge on any atom is 0.335 e. The van der Waals surface area contributed by atoms with E-state index in [9.17, 15) is 24.6 Å². The molecule has 1 saturated heterocycles. The number of amides is 4. The first-order valence-corrected chi connectivity index (χ1v) is 6.95. The first-order chi connectivity index (χ1) is 11.5. The van der Waals surface area contributed by atoms with Crippen molar-refractivity contribution in [2.24, 2.45) is 0 Å². The number of urea groups is 1. The number of phenols is 2. The van der Waals surface area contributed by atoms with Gasteiger partial charge in [0, 0.05) is 0 Å². The maximum absolute atomic E-state index is 12.6. The normalized spacial score (nSPS) is 16.4. The van der Waals surface area contributed by atoms with Crippen LogP contribution in [0.2, 0.25) is 0 Å². The topological polar surface area (TPSA) is 107 Å². The number of anilines is 1. The lowest BCUT2D eigenvalue weighted by Crippen LogP contribution is -2.54. The van der Waals surface area contributed by atoms with E-state index >= 15 is 0 Å². The zero-order chi connectivity index (χ0) is 17.3. The quantitative estimate of drug-likeness (QED) is 0.576. The Morgan fingerprint density at radius 1 is 0.833 bits per heavy atom. The van der Waals surface area contributed by atoms with Crippen LogP contribution in [0.3, 0.4) is 0 Å². The number of imide groups is 2. The summed E-state index contributed by atoms with van der Waals surface area (Å²) in [5.41, 5.74) is 0.527. The highest BCUT2D eigenvalue weighted by atomic mass is 16.3. The molecule has 1 aliphatic rings. The smallest absolute Gasteiger partial charge is 0.335 e. The zero-order valence-electron chi connectivity index (χ0n) is 12.3. The standard InChI is InChI=1S/C17H12N2O5/c20-12-5-1-10(2-6-12)9-14-15(22)18-17(24)19(16(14)23)11-3-7-13(21)8-4-11/h1-9,20-21H,(H,18,22,24)/b14-9-. The molecule has 4 amide bonds. The van der Waals surface area contributed by atoms with E-state index in [1.807, 2.05) is 0 Å². The molecule has 0 aromatic heterocycles. The number of hydrogen-bond acceptors (Lipinski definition) is 5. The molecule has 1 aliphatic heterocycles. The van der Waals surface area contributed by atoms with Crippen LogP contribution in [-0.4, -0.2) is 28.1 Å². The van der Waals surface area contributed by atoms with Gasteiger partial charge in [-0.15, -0.1) is 0 Å². The third-order valence-electron chi connectivity index (χ3n) is 3.41. The van der Waals surface area contributed by atoms with E-state index in [1.54, 1.807) is 0 Å². The van der Waals surface area contributed by atoms with Crippen LogP contribution >= 0.6 is 0 Å².